The van der Waals surface area contributed by atoms with Crippen LogP contribution in [-0.4, -0.2) is 41.7 Å². The lowest BCUT2D eigenvalue weighted by atomic mass is 10.1. The van der Waals surface area contributed by atoms with Gasteiger partial charge in [-0.05, 0) is 17.7 Å². The third-order valence-corrected chi connectivity index (χ3v) is 3.18. The molecule has 2 rings (SSSR count). The van der Waals surface area contributed by atoms with Crippen LogP contribution >= 0.6 is 11.6 Å². The number of rotatable bonds is 3. The molecular weight excluding hydrogens is 226 g/mol. The smallest absolute Gasteiger partial charge is 0.115 e. The number of benzene rings is 1. The molecule has 1 saturated heterocycles. The fraction of sp³-hybridized carbons (Fsp3) is 0.500. The monoisotopic (exact) mass is 241 g/mol. The van der Waals surface area contributed by atoms with Crippen molar-refractivity contribution in [3.63, 3.8) is 0 Å². The molecule has 1 atom stereocenters. The molecule has 1 fully saturated rings. The summed E-state index contributed by atoms with van der Waals surface area (Å²) in [5, 5.41) is 9.40. The lowest BCUT2D eigenvalue weighted by Gasteiger charge is -2.34. The van der Waals surface area contributed by atoms with Gasteiger partial charge >= 0.3 is 0 Å². The van der Waals surface area contributed by atoms with Crippen LogP contribution in [0.15, 0.2) is 24.3 Å². The van der Waals surface area contributed by atoms with Gasteiger partial charge in [0.15, 0.2) is 0 Å². The van der Waals surface area contributed by atoms with E-state index in [2.05, 4.69) is 4.90 Å². The molecule has 88 valence electrons. The Balaban J connectivity index is 2.02. The Morgan fingerprint density at radius 3 is 3.12 bits per heavy atom. The highest BCUT2D eigenvalue weighted by molar-refractivity contribution is 6.18. The maximum absolute atomic E-state index is 9.40. The quantitative estimate of drug-likeness (QED) is 0.820. The summed E-state index contributed by atoms with van der Waals surface area (Å²) in [6, 6.07) is 7.63. The number of alkyl halides is 1. The average molecular weight is 242 g/mol. The zero-order chi connectivity index (χ0) is 11.4. The maximum Gasteiger partial charge on any atom is 0.115 e. The van der Waals surface area contributed by atoms with E-state index in [9.17, 15) is 5.11 Å². The number of hydrogen-bond acceptors (Lipinski definition) is 3. The maximum atomic E-state index is 9.40. The number of nitrogens with zero attached hydrogens (tertiary/aromatic N) is 1. The minimum Gasteiger partial charge on any atom is -0.508 e. The second-order valence-electron chi connectivity index (χ2n) is 4.02. The Morgan fingerprint density at radius 2 is 2.38 bits per heavy atom. The molecule has 1 unspecified atom stereocenters. The number of ether oxygens (including phenoxy) is 1. The third-order valence-electron chi connectivity index (χ3n) is 2.82. The largest absolute Gasteiger partial charge is 0.508 e. The first-order chi connectivity index (χ1) is 7.79. The summed E-state index contributed by atoms with van der Waals surface area (Å²) in [6.07, 6.45) is 0. The minimum absolute atomic E-state index is 0.276. The minimum atomic E-state index is 0.276. The molecule has 0 bridgehead atoms. The molecular formula is C12H16ClNO2. The molecule has 1 heterocycles. The van der Waals surface area contributed by atoms with Crippen molar-refractivity contribution in [3.8, 4) is 5.75 Å². The summed E-state index contributed by atoms with van der Waals surface area (Å²) in [7, 11) is 0. The van der Waals surface area contributed by atoms with Crippen LogP contribution in [0.25, 0.3) is 0 Å². The van der Waals surface area contributed by atoms with E-state index >= 15 is 0 Å². The Labute approximate surface area is 101 Å². The van der Waals surface area contributed by atoms with Crippen LogP contribution in [0.3, 0.4) is 0 Å². The van der Waals surface area contributed by atoms with Gasteiger partial charge in [0.25, 0.3) is 0 Å². The molecule has 0 spiro atoms. The van der Waals surface area contributed by atoms with Crippen LogP contribution in [0.2, 0.25) is 0 Å². The topological polar surface area (TPSA) is 32.7 Å². The summed E-state index contributed by atoms with van der Waals surface area (Å²) in [4.78, 5) is 2.30. The lowest BCUT2D eigenvalue weighted by molar-refractivity contribution is -0.00305. The first-order valence-corrected chi connectivity index (χ1v) is 5.98. The molecule has 1 aliphatic heterocycles. The van der Waals surface area contributed by atoms with Gasteiger partial charge in [0.05, 0.1) is 13.2 Å². The number of phenols is 1. The highest BCUT2D eigenvalue weighted by atomic mass is 35.5. The molecule has 16 heavy (non-hydrogen) atoms. The van der Waals surface area contributed by atoms with Crippen molar-refractivity contribution >= 4 is 11.6 Å². The van der Waals surface area contributed by atoms with Crippen LogP contribution < -0.4 is 0 Å². The van der Waals surface area contributed by atoms with E-state index in [1.165, 1.54) is 0 Å². The summed E-state index contributed by atoms with van der Waals surface area (Å²) in [5.41, 5.74) is 1.11. The van der Waals surface area contributed by atoms with Crippen LogP contribution in [0.1, 0.15) is 5.56 Å². The van der Waals surface area contributed by atoms with E-state index in [1.807, 2.05) is 12.1 Å². The molecule has 1 aromatic rings. The number of phenolic OH excluding ortho intramolecular Hbond substituents is 1. The van der Waals surface area contributed by atoms with Crippen molar-refractivity contribution in [1.82, 2.24) is 4.90 Å². The van der Waals surface area contributed by atoms with Crippen molar-refractivity contribution in [2.75, 3.05) is 25.6 Å². The zero-order valence-electron chi connectivity index (χ0n) is 9.10. The molecule has 0 aliphatic carbocycles. The predicted molar refractivity (Wildman–Crippen MR) is 63.8 cm³/mol. The van der Waals surface area contributed by atoms with Gasteiger partial charge in [0.2, 0.25) is 0 Å². The Bertz CT molecular complexity index is 346. The second kappa shape index (κ2) is 5.53. The summed E-state index contributed by atoms with van der Waals surface area (Å²) in [6.45, 7) is 3.16. The lowest BCUT2D eigenvalue weighted by Crippen LogP contribution is -2.45. The van der Waals surface area contributed by atoms with Crippen molar-refractivity contribution in [3.05, 3.63) is 29.8 Å². The fourth-order valence-corrected chi connectivity index (χ4v) is 2.21. The molecule has 0 amide bonds. The second-order valence-corrected chi connectivity index (χ2v) is 4.33. The molecule has 3 nitrogen and oxygen atoms in total. The molecule has 0 saturated carbocycles. The van der Waals surface area contributed by atoms with Crippen LogP contribution in [0, 0.1) is 0 Å². The molecule has 1 N–H and O–H groups in total. The van der Waals surface area contributed by atoms with E-state index < -0.39 is 0 Å². The van der Waals surface area contributed by atoms with E-state index in [1.54, 1.807) is 12.1 Å². The molecule has 1 aliphatic rings. The van der Waals surface area contributed by atoms with E-state index in [0.29, 0.717) is 18.2 Å². The van der Waals surface area contributed by atoms with Gasteiger partial charge in [-0.3, -0.25) is 4.90 Å². The van der Waals surface area contributed by atoms with Crippen molar-refractivity contribution < 1.29 is 9.84 Å². The molecule has 0 aromatic heterocycles. The number of hydrogen-bond donors (Lipinski definition) is 1. The highest BCUT2D eigenvalue weighted by Gasteiger charge is 2.21. The molecule has 4 heteroatoms. The van der Waals surface area contributed by atoms with Gasteiger partial charge in [-0.15, -0.1) is 11.6 Å². The normalized spacial score (nSPS) is 22.2. The van der Waals surface area contributed by atoms with E-state index in [4.69, 9.17) is 16.3 Å². The van der Waals surface area contributed by atoms with Gasteiger partial charge in [-0.25, -0.2) is 0 Å². The number of morpholine rings is 1. The van der Waals surface area contributed by atoms with Crippen LogP contribution in [-0.2, 0) is 11.3 Å². The van der Waals surface area contributed by atoms with Gasteiger partial charge in [0, 0.05) is 25.0 Å². The van der Waals surface area contributed by atoms with Crippen molar-refractivity contribution in [1.29, 1.82) is 0 Å². The first-order valence-electron chi connectivity index (χ1n) is 5.45. The van der Waals surface area contributed by atoms with E-state index in [0.717, 1.165) is 25.3 Å². The van der Waals surface area contributed by atoms with Crippen molar-refractivity contribution in [2.24, 2.45) is 0 Å². The van der Waals surface area contributed by atoms with Gasteiger partial charge in [-0.1, -0.05) is 12.1 Å². The van der Waals surface area contributed by atoms with Crippen LogP contribution in [0.5, 0.6) is 5.75 Å². The summed E-state index contributed by atoms with van der Waals surface area (Å²) >= 11 is 5.90. The Hall–Kier alpha value is -0.770. The standard InChI is InChI=1S/C12H16ClNO2/c13-7-11-9-16-5-4-14(11)8-10-2-1-3-12(15)6-10/h1-3,6,11,15H,4-5,7-9H2. The fourth-order valence-electron chi connectivity index (χ4n) is 1.93. The Morgan fingerprint density at radius 1 is 1.50 bits per heavy atom. The Kier molecular flexibility index (Phi) is 4.04. The van der Waals surface area contributed by atoms with Crippen LogP contribution in [0.4, 0.5) is 0 Å². The summed E-state index contributed by atoms with van der Waals surface area (Å²) in [5.74, 6) is 0.895. The number of aromatic hydroxyl groups is 1. The average Bonchev–Trinajstić information content (AvgIpc) is 2.30. The highest BCUT2D eigenvalue weighted by Crippen LogP contribution is 2.16. The SMILES string of the molecule is Oc1cccc(CN2CCOCC2CCl)c1. The first kappa shape index (κ1) is 11.7. The summed E-state index contributed by atoms with van der Waals surface area (Å²) < 4.78 is 5.39. The van der Waals surface area contributed by atoms with Crippen molar-refractivity contribution in [2.45, 2.75) is 12.6 Å². The van der Waals surface area contributed by atoms with E-state index in [-0.39, 0.29) is 6.04 Å². The third kappa shape index (κ3) is 2.88. The molecule has 1 aromatic carbocycles. The zero-order valence-corrected chi connectivity index (χ0v) is 9.86. The van der Waals surface area contributed by atoms with Gasteiger partial charge in [-0.2, -0.15) is 0 Å². The number of halogens is 1. The predicted octanol–water partition coefficient (Wildman–Crippen LogP) is 1.83. The van der Waals surface area contributed by atoms with Gasteiger partial charge in [0.1, 0.15) is 5.75 Å². The van der Waals surface area contributed by atoms with Gasteiger partial charge < -0.3 is 9.84 Å². The molecule has 0 radical (unpaired) electrons.